The van der Waals surface area contributed by atoms with Gasteiger partial charge < -0.3 is 4.98 Å². The molecular formula is C9H10N4O4S2. The van der Waals surface area contributed by atoms with Crippen LogP contribution in [0.4, 0.5) is 5.95 Å². The smallest absolute Gasteiger partial charge is 0.264 e. The minimum absolute atomic E-state index is 0.0287. The Balaban J connectivity index is 2.41. The molecule has 0 fully saturated rings. The van der Waals surface area contributed by atoms with Gasteiger partial charge in [-0.15, -0.1) is 0 Å². The number of benzene rings is 1. The highest BCUT2D eigenvalue weighted by molar-refractivity contribution is 7.92. The van der Waals surface area contributed by atoms with E-state index in [4.69, 9.17) is 5.14 Å². The van der Waals surface area contributed by atoms with Crippen molar-refractivity contribution in [2.24, 2.45) is 5.14 Å². The monoisotopic (exact) mass is 302 g/mol. The molecule has 0 saturated carbocycles. The van der Waals surface area contributed by atoms with Gasteiger partial charge in [-0.3, -0.25) is 0 Å². The van der Waals surface area contributed by atoms with Crippen LogP contribution in [0.3, 0.4) is 0 Å². The van der Waals surface area contributed by atoms with Crippen LogP contribution in [0.25, 0.3) is 0 Å². The Morgan fingerprint density at radius 3 is 2.42 bits per heavy atom. The van der Waals surface area contributed by atoms with Gasteiger partial charge in [0.15, 0.2) is 0 Å². The molecule has 0 aliphatic rings. The van der Waals surface area contributed by atoms with E-state index >= 15 is 0 Å². The third-order valence-electron chi connectivity index (χ3n) is 2.17. The van der Waals surface area contributed by atoms with Gasteiger partial charge in [0.25, 0.3) is 10.0 Å². The lowest BCUT2D eigenvalue weighted by Crippen LogP contribution is -2.16. The zero-order chi connectivity index (χ0) is 14.1. The summed E-state index contributed by atoms with van der Waals surface area (Å²) in [5.41, 5.74) is 0. The Morgan fingerprint density at radius 2 is 1.84 bits per heavy atom. The predicted octanol–water partition coefficient (Wildman–Crippen LogP) is -0.142. The fourth-order valence-electron chi connectivity index (χ4n) is 1.33. The molecule has 1 aromatic heterocycles. The van der Waals surface area contributed by atoms with Crippen LogP contribution in [0.1, 0.15) is 0 Å². The standard InChI is InChI=1S/C9H10N4O4S2/c10-18(14,15)7-2-1-3-8(6-7)19(16,17)13-9-11-4-5-12-9/h1-6H,(H2,10,14,15)(H2,11,12,13). The molecule has 8 nitrogen and oxygen atoms in total. The van der Waals surface area contributed by atoms with E-state index < -0.39 is 20.0 Å². The summed E-state index contributed by atoms with van der Waals surface area (Å²) in [7, 11) is -7.89. The highest BCUT2D eigenvalue weighted by Crippen LogP contribution is 2.16. The molecular weight excluding hydrogens is 292 g/mol. The number of primary sulfonamides is 1. The van der Waals surface area contributed by atoms with Gasteiger partial charge in [-0.2, -0.15) is 0 Å². The van der Waals surface area contributed by atoms with Crippen LogP contribution in [0.5, 0.6) is 0 Å². The van der Waals surface area contributed by atoms with E-state index in [0.29, 0.717) is 0 Å². The summed E-state index contributed by atoms with van der Waals surface area (Å²) in [5.74, 6) is 0.0287. The second kappa shape index (κ2) is 4.64. The highest BCUT2D eigenvalue weighted by atomic mass is 32.2. The number of aromatic nitrogens is 2. The second-order valence-corrected chi connectivity index (χ2v) is 6.81. The lowest BCUT2D eigenvalue weighted by Gasteiger charge is -2.06. The molecule has 0 radical (unpaired) electrons. The number of hydrogen-bond acceptors (Lipinski definition) is 5. The van der Waals surface area contributed by atoms with Gasteiger partial charge in [0.05, 0.1) is 9.79 Å². The summed E-state index contributed by atoms with van der Waals surface area (Å²) in [5, 5.41) is 4.94. The molecule has 0 bridgehead atoms. The van der Waals surface area contributed by atoms with Crippen LogP contribution in [0.2, 0.25) is 0 Å². The minimum Gasteiger partial charge on any atom is -0.330 e. The Kier molecular flexibility index (Phi) is 3.30. The SMILES string of the molecule is NS(=O)(=O)c1cccc(S(=O)(=O)Nc2ncc[nH]2)c1. The summed E-state index contributed by atoms with van der Waals surface area (Å²) in [6.45, 7) is 0. The van der Waals surface area contributed by atoms with Crippen molar-refractivity contribution in [1.82, 2.24) is 9.97 Å². The average molecular weight is 302 g/mol. The third-order valence-corrected chi connectivity index (χ3v) is 4.42. The van der Waals surface area contributed by atoms with Crippen molar-refractivity contribution in [3.8, 4) is 0 Å². The van der Waals surface area contributed by atoms with Gasteiger partial charge in [-0.1, -0.05) is 6.07 Å². The van der Waals surface area contributed by atoms with E-state index in [1.165, 1.54) is 30.6 Å². The first kappa shape index (κ1) is 13.5. The number of nitrogens with zero attached hydrogens (tertiary/aromatic N) is 1. The van der Waals surface area contributed by atoms with Crippen molar-refractivity contribution >= 4 is 26.0 Å². The lowest BCUT2D eigenvalue weighted by molar-refractivity contribution is 0.597. The number of nitrogens with one attached hydrogen (secondary N) is 2. The minimum atomic E-state index is -3.96. The van der Waals surface area contributed by atoms with Gasteiger partial charge in [0.2, 0.25) is 16.0 Å². The number of aromatic amines is 1. The van der Waals surface area contributed by atoms with Crippen molar-refractivity contribution < 1.29 is 16.8 Å². The second-order valence-electron chi connectivity index (χ2n) is 3.56. The molecule has 0 unspecified atom stereocenters. The maximum atomic E-state index is 12.0. The van der Waals surface area contributed by atoms with Crippen molar-refractivity contribution in [3.63, 3.8) is 0 Å². The number of rotatable bonds is 4. The highest BCUT2D eigenvalue weighted by Gasteiger charge is 2.18. The summed E-state index contributed by atoms with van der Waals surface area (Å²) in [6.07, 6.45) is 2.82. The summed E-state index contributed by atoms with van der Waals surface area (Å²) in [4.78, 5) is 5.76. The van der Waals surface area contributed by atoms with Crippen molar-refractivity contribution in [3.05, 3.63) is 36.7 Å². The number of hydrogen-bond donors (Lipinski definition) is 3. The Hall–Kier alpha value is -1.91. The van der Waals surface area contributed by atoms with Crippen molar-refractivity contribution in [2.75, 3.05) is 4.72 Å². The topological polar surface area (TPSA) is 135 Å². The molecule has 0 aliphatic heterocycles. The molecule has 102 valence electrons. The van der Waals surface area contributed by atoms with Crippen molar-refractivity contribution in [1.29, 1.82) is 0 Å². The van der Waals surface area contributed by atoms with Crippen LogP contribution < -0.4 is 9.86 Å². The molecule has 2 aromatic rings. The Bertz CT molecular complexity index is 781. The van der Waals surface area contributed by atoms with Crippen LogP contribution in [-0.2, 0) is 20.0 Å². The number of nitrogens with two attached hydrogens (primary N) is 1. The first-order valence-corrected chi connectivity index (χ1v) is 7.97. The molecule has 4 N–H and O–H groups in total. The van der Waals surface area contributed by atoms with Gasteiger partial charge in [-0.25, -0.2) is 31.7 Å². The van der Waals surface area contributed by atoms with Crippen LogP contribution >= 0.6 is 0 Å². The number of sulfonamides is 2. The van der Waals surface area contributed by atoms with Gasteiger partial charge in [-0.05, 0) is 18.2 Å². The van der Waals surface area contributed by atoms with E-state index in [2.05, 4.69) is 14.7 Å². The predicted molar refractivity (Wildman–Crippen MR) is 67.2 cm³/mol. The van der Waals surface area contributed by atoms with Gasteiger partial charge in [0.1, 0.15) is 0 Å². The molecule has 0 atom stereocenters. The largest absolute Gasteiger partial charge is 0.330 e. The summed E-state index contributed by atoms with van der Waals surface area (Å²) < 4.78 is 48.5. The molecule has 19 heavy (non-hydrogen) atoms. The summed E-state index contributed by atoms with van der Waals surface area (Å²) >= 11 is 0. The van der Waals surface area contributed by atoms with E-state index in [1.54, 1.807) is 0 Å². The van der Waals surface area contributed by atoms with Crippen LogP contribution in [0, 0.1) is 0 Å². The van der Waals surface area contributed by atoms with E-state index in [-0.39, 0.29) is 15.7 Å². The quantitative estimate of drug-likeness (QED) is 0.722. The molecule has 1 heterocycles. The maximum absolute atomic E-state index is 12.0. The van der Waals surface area contributed by atoms with Gasteiger partial charge >= 0.3 is 0 Å². The zero-order valence-electron chi connectivity index (χ0n) is 9.44. The van der Waals surface area contributed by atoms with Crippen molar-refractivity contribution in [2.45, 2.75) is 9.79 Å². The van der Waals surface area contributed by atoms with Crippen LogP contribution in [0.15, 0.2) is 46.5 Å². The van der Waals surface area contributed by atoms with E-state index in [0.717, 1.165) is 6.07 Å². The van der Waals surface area contributed by atoms with Crippen LogP contribution in [-0.4, -0.2) is 26.8 Å². The number of H-pyrrole nitrogens is 1. The first-order valence-electron chi connectivity index (χ1n) is 4.94. The van der Waals surface area contributed by atoms with Gasteiger partial charge in [0, 0.05) is 12.4 Å². The average Bonchev–Trinajstić information content (AvgIpc) is 2.80. The number of anilines is 1. The lowest BCUT2D eigenvalue weighted by atomic mass is 10.4. The third kappa shape index (κ3) is 3.10. The van der Waals surface area contributed by atoms with E-state index in [1.807, 2.05) is 0 Å². The number of imidazole rings is 1. The molecule has 2 rings (SSSR count). The molecule has 0 spiro atoms. The molecule has 10 heteroatoms. The Morgan fingerprint density at radius 1 is 1.16 bits per heavy atom. The first-order chi connectivity index (χ1) is 8.79. The molecule has 0 aliphatic carbocycles. The molecule has 1 aromatic carbocycles. The Labute approximate surface area is 109 Å². The van der Waals surface area contributed by atoms with E-state index in [9.17, 15) is 16.8 Å². The maximum Gasteiger partial charge on any atom is 0.264 e. The fourth-order valence-corrected chi connectivity index (χ4v) is 2.98. The normalized spacial score (nSPS) is 12.3. The zero-order valence-corrected chi connectivity index (χ0v) is 11.1. The summed E-state index contributed by atoms with van der Waals surface area (Å²) in [6, 6.07) is 4.72. The molecule has 0 saturated heterocycles. The molecule has 0 amide bonds. The fraction of sp³-hybridized carbons (Fsp3) is 0.